The molecule has 1 aliphatic heterocycles. The molecule has 0 unspecified atom stereocenters. The highest BCUT2D eigenvalue weighted by molar-refractivity contribution is 6.09. The molecule has 2 aromatic rings. The van der Waals surface area contributed by atoms with Gasteiger partial charge in [0.15, 0.2) is 5.78 Å². The molecule has 2 aromatic carbocycles. The quantitative estimate of drug-likeness (QED) is 0.590. The van der Waals surface area contributed by atoms with E-state index in [-0.39, 0.29) is 18.5 Å². The molecule has 120 valence electrons. The Morgan fingerprint density at radius 3 is 2.17 bits per heavy atom. The van der Waals surface area contributed by atoms with E-state index in [1.54, 1.807) is 36.4 Å². The first kappa shape index (κ1) is 15.7. The number of ketones is 1. The van der Waals surface area contributed by atoms with E-state index in [4.69, 9.17) is 15.6 Å². The summed E-state index contributed by atoms with van der Waals surface area (Å²) in [6.07, 6.45) is -1.03. The van der Waals surface area contributed by atoms with Crippen molar-refractivity contribution in [3.63, 3.8) is 0 Å². The molecular formula is C18H19NO4. The smallest absolute Gasteiger partial charge is 0.193 e. The summed E-state index contributed by atoms with van der Waals surface area (Å²) >= 11 is 0. The predicted molar refractivity (Wildman–Crippen MR) is 86.1 cm³/mol. The normalized spacial score (nSPS) is 23.8. The number of carbonyl (C=O) groups excluding carboxylic acids is 1. The van der Waals surface area contributed by atoms with Gasteiger partial charge in [-0.15, -0.1) is 0 Å². The van der Waals surface area contributed by atoms with Crippen molar-refractivity contribution >= 4 is 11.5 Å². The van der Waals surface area contributed by atoms with E-state index in [9.17, 15) is 9.90 Å². The second-order valence-corrected chi connectivity index (χ2v) is 5.72. The number of nitrogens with two attached hydrogens (primary N) is 1. The van der Waals surface area contributed by atoms with Gasteiger partial charge in [-0.3, -0.25) is 4.79 Å². The zero-order valence-electron chi connectivity index (χ0n) is 12.6. The lowest BCUT2D eigenvalue weighted by Gasteiger charge is -2.12. The van der Waals surface area contributed by atoms with Crippen LogP contribution in [0, 0.1) is 0 Å². The third-order valence-corrected chi connectivity index (χ3v) is 4.12. The van der Waals surface area contributed by atoms with Crippen LogP contribution in [0.1, 0.15) is 34.0 Å². The Kier molecular flexibility index (Phi) is 4.43. The first-order valence-electron chi connectivity index (χ1n) is 7.53. The molecule has 0 aliphatic carbocycles. The van der Waals surface area contributed by atoms with Crippen molar-refractivity contribution in [2.75, 3.05) is 12.3 Å². The fourth-order valence-corrected chi connectivity index (χ4v) is 2.76. The number of rotatable bonds is 4. The number of carbonyl (C=O) groups is 1. The number of aliphatic hydroxyl groups excluding tert-OH is 2. The second-order valence-electron chi connectivity index (χ2n) is 5.72. The number of hydrogen-bond acceptors (Lipinski definition) is 5. The molecule has 1 aliphatic rings. The second kappa shape index (κ2) is 6.50. The van der Waals surface area contributed by atoms with Crippen LogP contribution in [0.2, 0.25) is 0 Å². The number of hydrogen-bond donors (Lipinski definition) is 3. The fourth-order valence-electron chi connectivity index (χ4n) is 2.76. The lowest BCUT2D eigenvalue weighted by atomic mass is 9.99. The molecule has 0 amide bonds. The van der Waals surface area contributed by atoms with E-state index in [1.165, 1.54) is 0 Å². The molecule has 1 heterocycles. The highest BCUT2D eigenvalue weighted by Gasteiger charge is 2.34. The van der Waals surface area contributed by atoms with Gasteiger partial charge in [0, 0.05) is 23.2 Å². The maximum atomic E-state index is 12.4. The summed E-state index contributed by atoms with van der Waals surface area (Å²) < 4.78 is 5.61. The van der Waals surface area contributed by atoms with Crippen molar-refractivity contribution in [2.24, 2.45) is 0 Å². The standard InChI is InChI=1S/C18H19NO4/c19-14-7-5-13(6-8-14)18(22)12-3-1-11(2-4-12)16-9-15(21)17(10-20)23-16/h1-8,15-17,20-21H,9-10,19H2/t15-,16+,17+/m1/s1. The minimum Gasteiger partial charge on any atom is -0.399 e. The van der Waals surface area contributed by atoms with Gasteiger partial charge < -0.3 is 20.7 Å². The topological polar surface area (TPSA) is 92.8 Å². The van der Waals surface area contributed by atoms with E-state index in [0.29, 0.717) is 23.2 Å². The Morgan fingerprint density at radius 2 is 1.65 bits per heavy atom. The van der Waals surface area contributed by atoms with Crippen LogP contribution < -0.4 is 5.73 Å². The van der Waals surface area contributed by atoms with E-state index >= 15 is 0 Å². The summed E-state index contributed by atoms with van der Waals surface area (Å²) in [5.41, 5.74) is 8.29. The average Bonchev–Trinajstić information content (AvgIpc) is 2.96. The fraction of sp³-hybridized carbons (Fsp3) is 0.278. The van der Waals surface area contributed by atoms with Crippen molar-refractivity contribution < 1.29 is 19.7 Å². The number of aliphatic hydroxyl groups is 2. The number of anilines is 1. The monoisotopic (exact) mass is 313 g/mol. The summed E-state index contributed by atoms with van der Waals surface area (Å²) in [5, 5.41) is 18.9. The van der Waals surface area contributed by atoms with Crippen LogP contribution in [0.25, 0.3) is 0 Å². The maximum absolute atomic E-state index is 12.4. The summed E-state index contributed by atoms with van der Waals surface area (Å²) in [4.78, 5) is 12.4. The summed E-state index contributed by atoms with van der Waals surface area (Å²) in [6.45, 7) is -0.203. The third kappa shape index (κ3) is 3.27. The van der Waals surface area contributed by atoms with Gasteiger partial charge in [0.1, 0.15) is 6.10 Å². The van der Waals surface area contributed by atoms with Gasteiger partial charge >= 0.3 is 0 Å². The van der Waals surface area contributed by atoms with Crippen LogP contribution in [0.3, 0.4) is 0 Å². The van der Waals surface area contributed by atoms with Gasteiger partial charge in [0.2, 0.25) is 0 Å². The molecule has 4 N–H and O–H groups in total. The van der Waals surface area contributed by atoms with Crippen molar-refractivity contribution in [2.45, 2.75) is 24.7 Å². The molecule has 0 saturated carbocycles. The average molecular weight is 313 g/mol. The minimum atomic E-state index is -0.666. The van der Waals surface area contributed by atoms with Gasteiger partial charge in [0.25, 0.3) is 0 Å². The molecule has 0 bridgehead atoms. The van der Waals surface area contributed by atoms with Crippen molar-refractivity contribution in [1.82, 2.24) is 0 Å². The van der Waals surface area contributed by atoms with Crippen molar-refractivity contribution in [3.05, 3.63) is 65.2 Å². The minimum absolute atomic E-state index is 0.0721. The summed E-state index contributed by atoms with van der Waals surface area (Å²) in [5.74, 6) is -0.0721. The lowest BCUT2D eigenvalue weighted by Crippen LogP contribution is -2.24. The summed E-state index contributed by atoms with van der Waals surface area (Å²) in [6, 6.07) is 13.9. The molecule has 5 heteroatoms. The van der Waals surface area contributed by atoms with Crippen LogP contribution in [0.15, 0.2) is 48.5 Å². The first-order chi connectivity index (χ1) is 11.1. The van der Waals surface area contributed by atoms with Crippen molar-refractivity contribution in [1.29, 1.82) is 0 Å². The van der Waals surface area contributed by atoms with E-state index in [2.05, 4.69) is 0 Å². The Bertz CT molecular complexity index is 681. The molecule has 1 fully saturated rings. The molecule has 0 radical (unpaired) electrons. The zero-order valence-corrected chi connectivity index (χ0v) is 12.6. The van der Waals surface area contributed by atoms with Gasteiger partial charge in [-0.1, -0.05) is 24.3 Å². The largest absolute Gasteiger partial charge is 0.399 e. The van der Waals surface area contributed by atoms with E-state index in [0.717, 1.165) is 5.56 Å². The highest BCUT2D eigenvalue weighted by atomic mass is 16.5. The van der Waals surface area contributed by atoms with E-state index < -0.39 is 12.2 Å². The molecule has 1 saturated heterocycles. The Morgan fingerprint density at radius 1 is 1.09 bits per heavy atom. The first-order valence-corrected chi connectivity index (χ1v) is 7.53. The Hall–Kier alpha value is -2.21. The molecule has 0 aromatic heterocycles. The Balaban J connectivity index is 1.75. The lowest BCUT2D eigenvalue weighted by molar-refractivity contribution is -0.0225. The number of benzene rings is 2. The van der Waals surface area contributed by atoms with Crippen LogP contribution in [-0.2, 0) is 4.74 Å². The molecule has 0 spiro atoms. The predicted octanol–water partition coefficient (Wildman–Crippen LogP) is 1.68. The number of ether oxygens (including phenoxy) is 1. The van der Waals surface area contributed by atoms with E-state index in [1.807, 2.05) is 12.1 Å². The maximum Gasteiger partial charge on any atom is 0.193 e. The van der Waals surface area contributed by atoms with Crippen molar-refractivity contribution in [3.8, 4) is 0 Å². The molecule has 23 heavy (non-hydrogen) atoms. The van der Waals surface area contributed by atoms with Crippen LogP contribution in [0.5, 0.6) is 0 Å². The highest BCUT2D eigenvalue weighted by Crippen LogP contribution is 2.33. The molecular weight excluding hydrogens is 294 g/mol. The van der Waals surface area contributed by atoms with Crippen LogP contribution in [0.4, 0.5) is 5.69 Å². The SMILES string of the molecule is Nc1ccc(C(=O)c2ccc([C@@H]3C[C@@H](O)[C@H](CO)O3)cc2)cc1. The van der Waals surface area contributed by atoms with Gasteiger partial charge in [0.05, 0.1) is 18.8 Å². The summed E-state index contributed by atoms with van der Waals surface area (Å²) in [7, 11) is 0. The third-order valence-electron chi connectivity index (χ3n) is 4.12. The van der Waals surface area contributed by atoms with Crippen LogP contribution in [-0.4, -0.2) is 34.8 Å². The Labute approximate surface area is 134 Å². The molecule has 3 atom stereocenters. The molecule has 5 nitrogen and oxygen atoms in total. The van der Waals surface area contributed by atoms with Gasteiger partial charge in [-0.25, -0.2) is 0 Å². The van der Waals surface area contributed by atoms with Crippen LogP contribution >= 0.6 is 0 Å². The molecule has 3 rings (SSSR count). The van der Waals surface area contributed by atoms with Gasteiger partial charge in [-0.2, -0.15) is 0 Å². The number of nitrogen functional groups attached to an aromatic ring is 1. The van der Waals surface area contributed by atoms with Gasteiger partial charge in [-0.05, 0) is 29.8 Å². The zero-order chi connectivity index (χ0) is 16.4.